The fraction of sp³-hybridized carbons (Fsp3) is 0.276. The lowest BCUT2D eigenvalue weighted by atomic mass is 10.0. The van der Waals surface area contributed by atoms with Crippen molar-refractivity contribution in [2.75, 3.05) is 13.7 Å². The van der Waals surface area contributed by atoms with E-state index in [2.05, 4.69) is 9.97 Å². The van der Waals surface area contributed by atoms with Gasteiger partial charge in [-0.1, -0.05) is 55.8 Å². The number of rotatable bonds is 10. The number of aryl methyl sites for hydroxylation is 2. The molecule has 0 saturated carbocycles. The van der Waals surface area contributed by atoms with Crippen LogP contribution < -0.4 is 5.56 Å². The number of aromatic nitrogens is 3. The molecule has 1 N–H and O–H groups in total. The van der Waals surface area contributed by atoms with Gasteiger partial charge in [-0.15, -0.1) is 0 Å². The number of benzene rings is 2. The van der Waals surface area contributed by atoms with Crippen LogP contribution in [0.5, 0.6) is 5.88 Å². The highest BCUT2D eigenvalue weighted by Crippen LogP contribution is 2.30. The minimum atomic E-state index is -4.47. The Bertz CT molecular complexity index is 1620. The summed E-state index contributed by atoms with van der Waals surface area (Å²) in [6.45, 7) is 3.80. The van der Waals surface area contributed by atoms with Crippen molar-refractivity contribution >= 4 is 9.84 Å². The van der Waals surface area contributed by atoms with E-state index in [-0.39, 0.29) is 17.3 Å². The molecule has 204 valence electrons. The van der Waals surface area contributed by atoms with E-state index in [0.717, 1.165) is 12.0 Å². The van der Waals surface area contributed by atoms with E-state index in [1.807, 2.05) is 37.3 Å². The molecule has 2 aromatic heterocycles. The number of hydrogen-bond donors (Lipinski definition) is 1. The quantitative estimate of drug-likeness (QED) is 0.280. The highest BCUT2D eigenvalue weighted by molar-refractivity contribution is 7.91. The molecule has 8 nitrogen and oxygen atoms in total. The molecule has 0 amide bonds. The molecule has 2 aromatic carbocycles. The van der Waals surface area contributed by atoms with E-state index in [0.29, 0.717) is 29.5 Å². The van der Waals surface area contributed by atoms with Crippen LogP contribution in [0, 0.1) is 12.9 Å². The van der Waals surface area contributed by atoms with Gasteiger partial charge in [-0.25, -0.2) is 13.4 Å². The van der Waals surface area contributed by atoms with Gasteiger partial charge < -0.3 is 9.84 Å². The predicted molar refractivity (Wildman–Crippen MR) is 145 cm³/mol. The van der Waals surface area contributed by atoms with E-state index >= 15 is 0 Å². The third kappa shape index (κ3) is 5.76. The first-order valence-electron chi connectivity index (χ1n) is 12.5. The lowest BCUT2D eigenvalue weighted by Gasteiger charge is -2.24. The van der Waals surface area contributed by atoms with Crippen molar-refractivity contribution in [3.63, 3.8) is 0 Å². The molecule has 10 heteroatoms. The van der Waals surface area contributed by atoms with Crippen LogP contribution in [0.4, 0.5) is 4.39 Å². The number of sulfone groups is 1. The second-order valence-electron chi connectivity index (χ2n) is 9.19. The summed E-state index contributed by atoms with van der Waals surface area (Å²) < 4.78 is 47.6. The van der Waals surface area contributed by atoms with Crippen LogP contribution in [0.25, 0.3) is 11.1 Å². The first kappa shape index (κ1) is 28.1. The number of hydrogen-bond acceptors (Lipinski definition) is 7. The molecule has 0 aliphatic rings. The molecule has 0 radical (unpaired) electrons. The monoisotopic (exact) mass is 551 g/mol. The number of ether oxygens (including phenoxy) is 1. The van der Waals surface area contributed by atoms with Gasteiger partial charge in [0.25, 0.3) is 5.56 Å². The van der Waals surface area contributed by atoms with Crippen molar-refractivity contribution in [1.82, 2.24) is 14.5 Å². The van der Waals surface area contributed by atoms with Crippen LogP contribution in [0.2, 0.25) is 0 Å². The summed E-state index contributed by atoms with van der Waals surface area (Å²) in [5.74, 6) is -1.17. The number of nitrogens with zero attached hydrogens (tertiary/aromatic N) is 3. The van der Waals surface area contributed by atoms with Crippen LogP contribution in [0.15, 0.2) is 81.4 Å². The first-order valence-corrected chi connectivity index (χ1v) is 14.0. The first-order chi connectivity index (χ1) is 18.7. The van der Waals surface area contributed by atoms with Gasteiger partial charge >= 0.3 is 0 Å². The molecule has 1 atom stereocenters. The Hall–Kier alpha value is -3.89. The molecule has 0 fully saturated rings. The zero-order valence-corrected chi connectivity index (χ0v) is 22.8. The number of unbranched alkanes of at least 4 members (excludes halogenated alkanes) is 1. The molecule has 0 aliphatic heterocycles. The van der Waals surface area contributed by atoms with Gasteiger partial charge in [0.2, 0.25) is 21.7 Å². The standard InChI is InChI=1S/C29H30FN3O5S/c1-4-5-11-26-32-28(34)27(29(35)33(26)24(18-38-3)21-9-7-6-8-10-21)39(36,37)22-14-12-20(13-15-22)23-17-31-25(30)16-19(23)2/h6-10,12-17,24,34H,4-5,11,18H2,1-3H3/t24-/m0/s1. The van der Waals surface area contributed by atoms with Crippen molar-refractivity contribution < 1.29 is 22.7 Å². The van der Waals surface area contributed by atoms with E-state index in [1.54, 1.807) is 19.1 Å². The Morgan fingerprint density at radius 3 is 2.41 bits per heavy atom. The molecular weight excluding hydrogens is 521 g/mol. The van der Waals surface area contributed by atoms with E-state index < -0.39 is 38.2 Å². The fourth-order valence-electron chi connectivity index (χ4n) is 4.53. The van der Waals surface area contributed by atoms with E-state index in [9.17, 15) is 22.7 Å². The topological polar surface area (TPSA) is 111 Å². The summed E-state index contributed by atoms with van der Waals surface area (Å²) in [7, 11) is -2.97. The smallest absolute Gasteiger partial charge is 0.277 e. The highest BCUT2D eigenvalue weighted by Gasteiger charge is 2.32. The molecule has 0 aliphatic carbocycles. The third-order valence-electron chi connectivity index (χ3n) is 6.53. The average molecular weight is 552 g/mol. The van der Waals surface area contributed by atoms with Crippen molar-refractivity contribution in [3.8, 4) is 17.0 Å². The van der Waals surface area contributed by atoms with Crippen molar-refractivity contribution in [1.29, 1.82) is 0 Å². The summed E-state index contributed by atoms with van der Waals surface area (Å²) in [5, 5.41) is 10.8. The molecule has 2 heterocycles. The molecule has 4 rings (SSSR count). The number of pyridine rings is 1. The zero-order chi connectivity index (χ0) is 28.2. The maximum absolute atomic E-state index is 13.9. The normalized spacial score (nSPS) is 12.4. The zero-order valence-electron chi connectivity index (χ0n) is 22.0. The van der Waals surface area contributed by atoms with Gasteiger partial charge in [-0.3, -0.25) is 9.36 Å². The van der Waals surface area contributed by atoms with Gasteiger partial charge in [-0.05, 0) is 48.2 Å². The highest BCUT2D eigenvalue weighted by atomic mass is 32.2. The number of aromatic hydroxyl groups is 1. The number of methoxy groups -OCH3 is 1. The maximum Gasteiger partial charge on any atom is 0.277 e. The van der Waals surface area contributed by atoms with Gasteiger partial charge in [0.05, 0.1) is 17.5 Å². The van der Waals surface area contributed by atoms with Crippen LogP contribution in [-0.2, 0) is 21.0 Å². The molecule has 0 unspecified atom stereocenters. The summed E-state index contributed by atoms with van der Waals surface area (Å²) in [6, 6.07) is 15.5. The fourth-order valence-corrected chi connectivity index (χ4v) is 5.87. The van der Waals surface area contributed by atoms with Crippen LogP contribution in [0.3, 0.4) is 0 Å². The molecule has 0 spiro atoms. The Balaban J connectivity index is 1.86. The summed E-state index contributed by atoms with van der Waals surface area (Å²) in [4.78, 5) is 20.8. The van der Waals surface area contributed by atoms with Gasteiger partial charge in [-0.2, -0.15) is 9.37 Å². The van der Waals surface area contributed by atoms with Gasteiger partial charge in [0.1, 0.15) is 5.82 Å². The van der Waals surface area contributed by atoms with E-state index in [1.165, 1.54) is 36.1 Å². The molecule has 0 saturated heterocycles. The Labute approximate surface area is 226 Å². The van der Waals surface area contributed by atoms with Crippen molar-refractivity contribution in [2.45, 2.75) is 48.9 Å². The minimum Gasteiger partial charge on any atom is -0.492 e. The third-order valence-corrected chi connectivity index (χ3v) is 8.31. The second-order valence-corrected chi connectivity index (χ2v) is 11.1. The SMILES string of the molecule is CCCCc1nc(O)c(S(=O)(=O)c2ccc(-c3cnc(F)cc3C)cc2)c(=O)n1[C@@H](COC)c1ccccc1. The largest absolute Gasteiger partial charge is 0.492 e. The Kier molecular flexibility index (Phi) is 8.57. The predicted octanol–water partition coefficient (Wildman–Crippen LogP) is 4.87. The van der Waals surface area contributed by atoms with Gasteiger partial charge in [0.15, 0.2) is 4.90 Å². The van der Waals surface area contributed by atoms with Crippen LogP contribution in [0.1, 0.15) is 42.8 Å². The van der Waals surface area contributed by atoms with Crippen LogP contribution >= 0.6 is 0 Å². The maximum atomic E-state index is 13.9. The average Bonchev–Trinajstić information content (AvgIpc) is 2.91. The Morgan fingerprint density at radius 2 is 1.79 bits per heavy atom. The van der Waals surface area contributed by atoms with Crippen LogP contribution in [-0.4, -0.2) is 41.8 Å². The summed E-state index contributed by atoms with van der Waals surface area (Å²) >= 11 is 0. The minimum absolute atomic E-state index is 0.0920. The van der Waals surface area contributed by atoms with Gasteiger partial charge in [0, 0.05) is 25.3 Å². The summed E-state index contributed by atoms with van der Waals surface area (Å²) in [5.41, 5.74) is 1.76. The summed E-state index contributed by atoms with van der Waals surface area (Å²) in [6.07, 6.45) is 3.24. The molecular formula is C29H30FN3O5S. The second kappa shape index (κ2) is 11.9. The molecule has 4 aromatic rings. The Morgan fingerprint density at radius 1 is 1.10 bits per heavy atom. The van der Waals surface area contributed by atoms with E-state index in [4.69, 9.17) is 4.74 Å². The number of halogens is 1. The lowest BCUT2D eigenvalue weighted by Crippen LogP contribution is -2.35. The molecule has 39 heavy (non-hydrogen) atoms. The van der Waals surface area contributed by atoms with Crippen molar-refractivity contribution in [2.24, 2.45) is 0 Å². The lowest BCUT2D eigenvalue weighted by molar-refractivity contribution is 0.165. The van der Waals surface area contributed by atoms with Crippen molar-refractivity contribution in [3.05, 3.63) is 100 Å². The molecule has 0 bridgehead atoms.